The molecule has 1 amide bonds. The molecule has 5 nitrogen and oxygen atoms in total. The molecule has 4 atom stereocenters. The van der Waals surface area contributed by atoms with E-state index < -0.39 is 10.0 Å². The van der Waals surface area contributed by atoms with Gasteiger partial charge in [0, 0.05) is 23.1 Å². The summed E-state index contributed by atoms with van der Waals surface area (Å²) in [6.45, 7) is 6.33. The molecule has 2 unspecified atom stereocenters. The first-order valence-corrected chi connectivity index (χ1v) is 13.0. The van der Waals surface area contributed by atoms with Crippen molar-refractivity contribution in [3.05, 3.63) is 23.8 Å². The molecule has 1 aromatic rings. The molecule has 1 N–H and O–H groups in total. The Morgan fingerprint density at radius 2 is 1.79 bits per heavy atom. The Morgan fingerprint density at radius 3 is 2.34 bits per heavy atom. The zero-order valence-corrected chi connectivity index (χ0v) is 19.9. The minimum atomic E-state index is -3.57. The van der Waals surface area contributed by atoms with Crippen molar-refractivity contribution in [1.82, 2.24) is 4.31 Å². The number of amides is 1. The van der Waals surface area contributed by atoms with Gasteiger partial charge in [-0.25, -0.2) is 8.42 Å². The Hall–Kier alpha value is -0.920. The third kappa shape index (κ3) is 3.68. The van der Waals surface area contributed by atoms with Crippen LogP contribution in [0, 0.1) is 24.2 Å². The number of nitrogens with one attached hydrogen (secondary N) is 1. The van der Waals surface area contributed by atoms with Gasteiger partial charge in [-0.15, -0.1) is 0 Å². The van der Waals surface area contributed by atoms with E-state index in [0.29, 0.717) is 36.2 Å². The molecule has 0 saturated heterocycles. The highest BCUT2D eigenvalue weighted by Crippen LogP contribution is 2.64. The van der Waals surface area contributed by atoms with Gasteiger partial charge in [-0.2, -0.15) is 4.31 Å². The lowest BCUT2D eigenvalue weighted by Crippen LogP contribution is -2.57. The van der Waals surface area contributed by atoms with Crippen LogP contribution in [0.5, 0.6) is 0 Å². The van der Waals surface area contributed by atoms with Crippen molar-refractivity contribution in [1.29, 1.82) is 0 Å². The molecule has 4 saturated carbocycles. The number of hydrogen-bond donors (Lipinski definition) is 1. The van der Waals surface area contributed by atoms with Crippen LogP contribution in [0.4, 0.5) is 5.69 Å². The fourth-order valence-corrected chi connectivity index (χ4v) is 9.50. The van der Waals surface area contributed by atoms with E-state index in [9.17, 15) is 13.2 Å². The summed E-state index contributed by atoms with van der Waals surface area (Å²) in [5, 5.41) is 3.09. The van der Waals surface area contributed by atoms with Crippen molar-refractivity contribution in [2.45, 2.75) is 68.5 Å². The van der Waals surface area contributed by atoms with Crippen LogP contribution in [0.3, 0.4) is 0 Å². The Labute approximate surface area is 182 Å². The van der Waals surface area contributed by atoms with Gasteiger partial charge in [-0.3, -0.25) is 4.79 Å². The molecule has 1 aromatic carbocycles. The molecule has 4 aliphatic rings. The second kappa shape index (κ2) is 7.34. The molecule has 0 heterocycles. The second-order valence-corrected chi connectivity index (χ2v) is 13.0. The van der Waals surface area contributed by atoms with Gasteiger partial charge in [-0.1, -0.05) is 35.8 Å². The third-order valence-corrected chi connectivity index (χ3v) is 10.4. The van der Waals surface area contributed by atoms with Crippen molar-refractivity contribution in [3.63, 3.8) is 0 Å². The van der Waals surface area contributed by atoms with Crippen molar-refractivity contribution in [2.24, 2.45) is 17.3 Å². The first-order valence-electron chi connectivity index (χ1n) is 10.7. The molecular formula is C22H31BrN2O3S. The Morgan fingerprint density at radius 1 is 1.17 bits per heavy atom. The molecule has 0 aliphatic heterocycles. The number of rotatable bonds is 6. The largest absolute Gasteiger partial charge is 0.326 e. The number of halogens is 1. The fraction of sp³-hybridized carbons (Fsp3) is 0.682. The lowest BCUT2D eigenvalue weighted by Gasteiger charge is -2.59. The monoisotopic (exact) mass is 482 g/mol. The number of benzene rings is 1. The van der Waals surface area contributed by atoms with Gasteiger partial charge in [0.05, 0.1) is 10.3 Å². The van der Waals surface area contributed by atoms with E-state index in [1.54, 1.807) is 19.1 Å². The van der Waals surface area contributed by atoms with Crippen molar-refractivity contribution in [2.75, 3.05) is 18.4 Å². The molecule has 0 aromatic heterocycles. The van der Waals surface area contributed by atoms with E-state index in [2.05, 4.69) is 21.2 Å². The summed E-state index contributed by atoms with van der Waals surface area (Å²) in [6.07, 6.45) is 6.40. The summed E-state index contributed by atoms with van der Waals surface area (Å²) in [5.74, 6) is 1.31. The predicted octanol–water partition coefficient (Wildman–Crippen LogP) is 4.70. The van der Waals surface area contributed by atoms with Crippen LogP contribution in [0.1, 0.15) is 57.9 Å². The molecule has 0 spiro atoms. The fourth-order valence-electron chi connectivity index (χ4n) is 6.34. The highest BCUT2D eigenvalue weighted by Gasteiger charge is 2.59. The van der Waals surface area contributed by atoms with Crippen LogP contribution in [-0.4, -0.2) is 36.0 Å². The first-order chi connectivity index (χ1) is 13.6. The zero-order chi connectivity index (χ0) is 21.0. The number of nitrogens with zero attached hydrogens (tertiary/aromatic N) is 1. The smallest absolute Gasteiger partial charge is 0.243 e. The van der Waals surface area contributed by atoms with Crippen LogP contribution in [0.25, 0.3) is 0 Å². The number of aryl methyl sites for hydroxylation is 1. The summed E-state index contributed by atoms with van der Waals surface area (Å²) in [4.78, 5) is 13.7. The molecule has 0 radical (unpaired) electrons. The Balaban J connectivity index is 1.60. The van der Waals surface area contributed by atoms with Crippen molar-refractivity contribution in [3.8, 4) is 0 Å². The van der Waals surface area contributed by atoms with E-state index >= 15 is 0 Å². The van der Waals surface area contributed by atoms with Crippen LogP contribution in [-0.2, 0) is 14.8 Å². The summed E-state index contributed by atoms with van der Waals surface area (Å²) in [6, 6.07) is 5.24. The minimum absolute atomic E-state index is 0.0606. The summed E-state index contributed by atoms with van der Waals surface area (Å²) in [5.41, 5.74) is 0.950. The van der Waals surface area contributed by atoms with Crippen LogP contribution >= 0.6 is 15.9 Å². The van der Waals surface area contributed by atoms with E-state index in [0.717, 1.165) is 19.3 Å². The number of anilines is 1. The molecule has 29 heavy (non-hydrogen) atoms. The normalized spacial score (nSPS) is 33.3. The lowest BCUT2D eigenvalue weighted by atomic mass is 9.49. The van der Waals surface area contributed by atoms with Crippen LogP contribution in [0.15, 0.2) is 23.1 Å². The number of alkyl halides is 1. The van der Waals surface area contributed by atoms with E-state index in [-0.39, 0.29) is 20.5 Å². The maximum Gasteiger partial charge on any atom is 0.243 e. The van der Waals surface area contributed by atoms with Gasteiger partial charge >= 0.3 is 0 Å². The Kier molecular flexibility index (Phi) is 5.40. The van der Waals surface area contributed by atoms with E-state index in [1.807, 2.05) is 19.9 Å². The minimum Gasteiger partial charge on any atom is -0.326 e. The SMILES string of the molecule is CCN(CC)S(=O)(=O)c1cc(NC(=O)C23C[C@@H]4C[C@@H](CC(Br)(C4)C2)C3)ccc1C. The predicted molar refractivity (Wildman–Crippen MR) is 119 cm³/mol. The van der Waals surface area contributed by atoms with Crippen molar-refractivity contribution < 1.29 is 13.2 Å². The van der Waals surface area contributed by atoms with Crippen LogP contribution in [0.2, 0.25) is 0 Å². The molecule has 5 rings (SSSR count). The van der Waals surface area contributed by atoms with Gasteiger partial charge < -0.3 is 5.32 Å². The number of sulfonamides is 1. The highest BCUT2D eigenvalue weighted by atomic mass is 79.9. The average molecular weight is 483 g/mol. The summed E-state index contributed by atoms with van der Waals surface area (Å²) < 4.78 is 27.6. The molecule has 160 valence electrons. The quantitative estimate of drug-likeness (QED) is 0.597. The number of carbonyl (C=O) groups is 1. The molecule has 4 bridgehead atoms. The maximum atomic E-state index is 13.4. The van der Waals surface area contributed by atoms with Gasteiger partial charge in [-0.05, 0) is 75.0 Å². The molecule has 4 fully saturated rings. The number of hydrogen-bond acceptors (Lipinski definition) is 3. The van der Waals surface area contributed by atoms with Crippen molar-refractivity contribution >= 4 is 37.5 Å². The van der Waals surface area contributed by atoms with Gasteiger partial charge in [0.15, 0.2) is 0 Å². The standard InChI is InChI=1S/C22H31BrN2O3S/c1-4-25(5-2)29(27,28)19-9-18(7-6-15(19)3)24-20(26)21-10-16-8-17(11-21)13-22(23,12-16)14-21/h6-7,9,16-17H,4-5,8,10-14H2,1-3H3,(H,24,26)/t16-,17+,21?,22?. The van der Waals surface area contributed by atoms with E-state index in [4.69, 9.17) is 0 Å². The van der Waals surface area contributed by atoms with Crippen LogP contribution < -0.4 is 5.32 Å². The number of carbonyl (C=O) groups excluding carboxylic acids is 1. The lowest BCUT2D eigenvalue weighted by molar-refractivity contribution is -0.138. The first kappa shape index (κ1) is 21.3. The van der Waals surface area contributed by atoms with E-state index in [1.165, 1.54) is 23.6 Å². The van der Waals surface area contributed by atoms with Gasteiger partial charge in [0.25, 0.3) is 0 Å². The molecule has 4 aliphatic carbocycles. The third-order valence-electron chi connectivity index (χ3n) is 7.24. The Bertz CT molecular complexity index is 912. The molecular weight excluding hydrogens is 452 g/mol. The van der Waals surface area contributed by atoms with Gasteiger partial charge in [0.2, 0.25) is 15.9 Å². The highest BCUT2D eigenvalue weighted by molar-refractivity contribution is 9.10. The topological polar surface area (TPSA) is 66.5 Å². The zero-order valence-electron chi connectivity index (χ0n) is 17.5. The molecule has 7 heteroatoms. The summed E-state index contributed by atoms with van der Waals surface area (Å²) in [7, 11) is -3.57. The van der Waals surface area contributed by atoms with Gasteiger partial charge in [0.1, 0.15) is 0 Å². The average Bonchev–Trinajstić information content (AvgIpc) is 2.62. The summed E-state index contributed by atoms with van der Waals surface area (Å²) >= 11 is 3.96. The second-order valence-electron chi connectivity index (χ2n) is 9.42. The maximum absolute atomic E-state index is 13.4.